The van der Waals surface area contributed by atoms with Crippen molar-refractivity contribution in [3.8, 4) is 0 Å². The summed E-state index contributed by atoms with van der Waals surface area (Å²) in [5.74, 6) is 0.121. The van der Waals surface area contributed by atoms with E-state index in [-0.39, 0.29) is 18.3 Å². The Labute approximate surface area is 161 Å². The number of carbonyl (C=O) groups excluding carboxylic acids is 1. The zero-order valence-corrected chi connectivity index (χ0v) is 16.2. The number of fused-ring (bicyclic) bond motifs is 1. The van der Waals surface area contributed by atoms with Gasteiger partial charge in [-0.3, -0.25) is 4.79 Å². The van der Waals surface area contributed by atoms with E-state index in [0.29, 0.717) is 11.8 Å². The molecule has 2 fully saturated rings. The molecule has 1 spiro atoms. The normalized spacial score (nSPS) is 20.7. The summed E-state index contributed by atoms with van der Waals surface area (Å²) >= 11 is 0. The molecule has 1 saturated heterocycles. The smallest absolute Gasteiger partial charge is 0.239 e. The maximum atomic E-state index is 12.8. The fraction of sp³-hybridized carbons (Fsp3) is 0.571. The first-order valence-corrected chi connectivity index (χ1v) is 9.76. The van der Waals surface area contributed by atoms with Crippen LogP contribution < -0.4 is 5.73 Å². The Morgan fingerprint density at radius 3 is 2.54 bits per heavy atom. The van der Waals surface area contributed by atoms with Crippen LogP contribution in [0.15, 0.2) is 30.5 Å². The Kier molecular flexibility index (Phi) is 5.93. The van der Waals surface area contributed by atoms with Crippen LogP contribution in [0.4, 0.5) is 0 Å². The van der Waals surface area contributed by atoms with Crippen molar-refractivity contribution in [1.29, 1.82) is 0 Å². The summed E-state index contributed by atoms with van der Waals surface area (Å²) in [6.45, 7) is 1.78. The van der Waals surface area contributed by atoms with Crippen molar-refractivity contribution >= 4 is 29.2 Å². The average molecular weight is 376 g/mol. The van der Waals surface area contributed by atoms with Gasteiger partial charge in [0.2, 0.25) is 5.91 Å². The van der Waals surface area contributed by atoms with Crippen molar-refractivity contribution in [2.24, 2.45) is 11.1 Å². The first-order valence-electron chi connectivity index (χ1n) is 9.76. The molecule has 4 nitrogen and oxygen atoms in total. The number of nitrogens with two attached hydrogens (primary N) is 1. The van der Waals surface area contributed by atoms with Crippen LogP contribution in [0.5, 0.6) is 0 Å². The van der Waals surface area contributed by atoms with Gasteiger partial charge < -0.3 is 15.6 Å². The first-order chi connectivity index (χ1) is 12.2. The lowest BCUT2D eigenvalue weighted by atomic mass is 9.68. The molecule has 1 saturated carbocycles. The van der Waals surface area contributed by atoms with Gasteiger partial charge in [-0.15, -0.1) is 12.4 Å². The van der Waals surface area contributed by atoms with Crippen LogP contribution in [0.25, 0.3) is 10.9 Å². The highest BCUT2D eigenvalue weighted by atomic mass is 35.5. The number of nitrogens with zero attached hydrogens (tertiary/aromatic N) is 1. The fourth-order valence-corrected chi connectivity index (χ4v) is 4.86. The monoisotopic (exact) mass is 375 g/mol. The largest absolute Gasteiger partial charge is 0.361 e. The van der Waals surface area contributed by atoms with Crippen molar-refractivity contribution in [3.05, 3.63) is 36.0 Å². The van der Waals surface area contributed by atoms with Crippen LogP contribution in [-0.2, 0) is 11.2 Å². The quantitative estimate of drug-likeness (QED) is 0.850. The first kappa shape index (κ1) is 19.2. The highest BCUT2D eigenvalue weighted by Gasteiger charge is 2.37. The van der Waals surface area contributed by atoms with Gasteiger partial charge >= 0.3 is 0 Å². The molecule has 1 amide bonds. The molecule has 1 aliphatic heterocycles. The van der Waals surface area contributed by atoms with Gasteiger partial charge in [0, 0.05) is 30.2 Å². The molecule has 142 valence electrons. The molecule has 0 radical (unpaired) electrons. The molecule has 0 bridgehead atoms. The Morgan fingerprint density at radius 2 is 1.81 bits per heavy atom. The number of H-pyrrole nitrogens is 1. The van der Waals surface area contributed by atoms with Gasteiger partial charge in [0.1, 0.15) is 0 Å². The fourth-order valence-electron chi connectivity index (χ4n) is 4.86. The van der Waals surface area contributed by atoms with Gasteiger partial charge in [0.05, 0.1) is 6.04 Å². The van der Waals surface area contributed by atoms with Gasteiger partial charge in [-0.2, -0.15) is 0 Å². The highest BCUT2D eigenvalue weighted by molar-refractivity contribution is 5.86. The SMILES string of the molecule is Cl.N[C@@H](Cc1c[nH]c2ccccc12)C(=O)N1CCC2(CCCCC2)CC1. The van der Waals surface area contributed by atoms with Crippen molar-refractivity contribution < 1.29 is 4.79 Å². The molecule has 2 aromatic rings. The summed E-state index contributed by atoms with van der Waals surface area (Å²) in [5, 5.41) is 1.17. The van der Waals surface area contributed by atoms with Crippen LogP contribution in [-0.4, -0.2) is 34.9 Å². The standard InChI is InChI=1S/C21H29N3O.ClH/c22-18(14-16-15-23-19-7-3-2-6-17(16)19)20(25)24-12-10-21(11-13-24)8-4-1-5-9-21;/h2-3,6-7,15,18,23H,1,4-5,8-14,22H2;1H/t18-;/m0./s1. The Balaban J connectivity index is 0.00000196. The Bertz CT molecular complexity index is 741. The van der Waals surface area contributed by atoms with Crippen LogP contribution in [0.3, 0.4) is 0 Å². The van der Waals surface area contributed by atoms with Gasteiger partial charge in [-0.05, 0) is 49.1 Å². The number of hydrogen-bond donors (Lipinski definition) is 2. The number of hydrogen-bond acceptors (Lipinski definition) is 2. The molecule has 1 atom stereocenters. The van der Waals surface area contributed by atoms with E-state index in [1.807, 2.05) is 23.2 Å². The number of aromatic nitrogens is 1. The number of amides is 1. The predicted molar refractivity (Wildman–Crippen MR) is 109 cm³/mol. The number of piperidine rings is 1. The molecule has 2 aliphatic rings. The van der Waals surface area contributed by atoms with Crippen molar-refractivity contribution in [1.82, 2.24) is 9.88 Å². The maximum absolute atomic E-state index is 12.8. The second-order valence-electron chi connectivity index (χ2n) is 8.06. The lowest BCUT2D eigenvalue weighted by Gasteiger charge is -2.44. The molecule has 26 heavy (non-hydrogen) atoms. The van der Waals surface area contributed by atoms with E-state index in [0.717, 1.165) is 24.2 Å². The second kappa shape index (κ2) is 8.01. The molecule has 4 rings (SSSR count). The van der Waals surface area contributed by atoms with Crippen LogP contribution in [0.1, 0.15) is 50.5 Å². The van der Waals surface area contributed by atoms with Crippen LogP contribution in [0, 0.1) is 5.41 Å². The number of likely N-dealkylation sites (tertiary alicyclic amines) is 1. The molecule has 1 aliphatic carbocycles. The lowest BCUT2D eigenvalue weighted by molar-refractivity contribution is -0.135. The van der Waals surface area contributed by atoms with E-state index < -0.39 is 6.04 Å². The second-order valence-corrected chi connectivity index (χ2v) is 8.06. The zero-order valence-electron chi connectivity index (χ0n) is 15.4. The third kappa shape index (κ3) is 3.77. The number of nitrogens with one attached hydrogen (secondary N) is 1. The molecular weight excluding hydrogens is 346 g/mol. The van der Waals surface area contributed by atoms with Gasteiger partial charge in [-0.25, -0.2) is 0 Å². The number of rotatable bonds is 3. The summed E-state index contributed by atoms with van der Waals surface area (Å²) in [6, 6.07) is 7.75. The number of aromatic amines is 1. The number of halogens is 1. The van der Waals surface area contributed by atoms with Crippen LogP contribution >= 0.6 is 12.4 Å². The average Bonchev–Trinajstić information content (AvgIpc) is 3.05. The summed E-state index contributed by atoms with van der Waals surface area (Å²) in [6.07, 6.45) is 11.8. The zero-order chi connectivity index (χ0) is 17.3. The third-order valence-corrected chi connectivity index (χ3v) is 6.48. The van der Waals surface area contributed by atoms with Gasteiger partial charge in [0.25, 0.3) is 0 Å². The van der Waals surface area contributed by atoms with Crippen LogP contribution in [0.2, 0.25) is 0 Å². The summed E-state index contributed by atoms with van der Waals surface area (Å²) in [7, 11) is 0. The highest BCUT2D eigenvalue weighted by Crippen LogP contribution is 2.44. The van der Waals surface area contributed by atoms with Crippen molar-refractivity contribution in [3.63, 3.8) is 0 Å². The number of carbonyl (C=O) groups is 1. The lowest BCUT2D eigenvalue weighted by Crippen LogP contribution is -2.50. The van der Waals surface area contributed by atoms with E-state index in [9.17, 15) is 4.79 Å². The number of benzene rings is 1. The third-order valence-electron chi connectivity index (χ3n) is 6.48. The molecule has 5 heteroatoms. The molecule has 0 unspecified atom stereocenters. The molecule has 2 heterocycles. The van der Waals surface area contributed by atoms with E-state index in [1.54, 1.807) is 0 Å². The molecule has 3 N–H and O–H groups in total. The van der Waals surface area contributed by atoms with Gasteiger partial charge in [0.15, 0.2) is 0 Å². The minimum atomic E-state index is -0.445. The van der Waals surface area contributed by atoms with E-state index in [4.69, 9.17) is 5.73 Å². The molecule has 1 aromatic heterocycles. The maximum Gasteiger partial charge on any atom is 0.239 e. The number of para-hydroxylation sites is 1. The van der Waals surface area contributed by atoms with Gasteiger partial charge in [-0.1, -0.05) is 37.5 Å². The van der Waals surface area contributed by atoms with E-state index in [2.05, 4.69) is 17.1 Å². The Morgan fingerprint density at radius 1 is 1.12 bits per heavy atom. The summed E-state index contributed by atoms with van der Waals surface area (Å²) < 4.78 is 0. The molecular formula is C21H30ClN3O. The Hall–Kier alpha value is -1.52. The predicted octanol–water partition coefficient (Wildman–Crippen LogP) is 4.03. The minimum absolute atomic E-state index is 0. The van der Waals surface area contributed by atoms with E-state index >= 15 is 0 Å². The topological polar surface area (TPSA) is 62.1 Å². The summed E-state index contributed by atoms with van der Waals surface area (Å²) in [4.78, 5) is 18.1. The minimum Gasteiger partial charge on any atom is -0.361 e. The summed E-state index contributed by atoms with van der Waals surface area (Å²) in [5.41, 5.74) is 9.06. The molecule has 1 aromatic carbocycles. The van der Waals surface area contributed by atoms with E-state index in [1.165, 1.54) is 50.3 Å². The van der Waals surface area contributed by atoms with Crippen molar-refractivity contribution in [2.45, 2.75) is 57.4 Å². The van der Waals surface area contributed by atoms with Crippen molar-refractivity contribution in [2.75, 3.05) is 13.1 Å².